The van der Waals surface area contributed by atoms with Crippen molar-refractivity contribution in [1.82, 2.24) is 0 Å². The molecule has 0 N–H and O–H groups in total. The van der Waals surface area contributed by atoms with E-state index in [1.165, 1.54) is 0 Å². The summed E-state index contributed by atoms with van der Waals surface area (Å²) in [5, 5.41) is 0. The van der Waals surface area contributed by atoms with Crippen LogP contribution in [-0.4, -0.2) is 22.0 Å². The maximum atomic E-state index is 11.2. The molecule has 0 saturated heterocycles. The van der Waals surface area contributed by atoms with Gasteiger partial charge in [0.15, 0.2) is 0 Å². The highest BCUT2D eigenvalue weighted by Crippen LogP contribution is 1.84. The predicted molar refractivity (Wildman–Crippen MR) is 25.5 cm³/mol. The summed E-state index contributed by atoms with van der Waals surface area (Å²) in [4.78, 5) is 0. The van der Waals surface area contributed by atoms with E-state index in [2.05, 4.69) is 4.18 Å². The van der Waals surface area contributed by atoms with Crippen molar-refractivity contribution < 1.29 is 17.3 Å². The molecule has 1 unspecified atom stereocenters. The SMILES string of the molecule is O=S([O-])OCCCF. The number of rotatable bonds is 4. The first-order chi connectivity index (χ1) is 3.77. The van der Waals surface area contributed by atoms with Gasteiger partial charge in [-0.05, 0) is 0 Å². The molecule has 0 fully saturated rings. The highest BCUT2D eigenvalue weighted by atomic mass is 32.2. The summed E-state index contributed by atoms with van der Waals surface area (Å²) >= 11 is -2.48. The van der Waals surface area contributed by atoms with E-state index in [4.69, 9.17) is 0 Å². The Morgan fingerprint density at radius 1 is 1.75 bits per heavy atom. The zero-order valence-corrected chi connectivity index (χ0v) is 4.95. The minimum absolute atomic E-state index is 0.0629. The zero-order chi connectivity index (χ0) is 6.41. The summed E-state index contributed by atoms with van der Waals surface area (Å²) in [7, 11) is 0. The van der Waals surface area contributed by atoms with Crippen molar-refractivity contribution in [3.05, 3.63) is 0 Å². The third-order valence-corrected chi connectivity index (χ3v) is 0.817. The molecule has 8 heavy (non-hydrogen) atoms. The molecule has 0 bridgehead atoms. The van der Waals surface area contributed by atoms with Crippen molar-refractivity contribution in [1.29, 1.82) is 0 Å². The van der Waals surface area contributed by atoms with Crippen LogP contribution in [0.1, 0.15) is 6.42 Å². The van der Waals surface area contributed by atoms with Crippen LogP contribution in [0.2, 0.25) is 0 Å². The van der Waals surface area contributed by atoms with E-state index < -0.39 is 18.0 Å². The van der Waals surface area contributed by atoms with Gasteiger partial charge in [0.05, 0.1) is 24.6 Å². The second-order valence-electron chi connectivity index (χ2n) is 1.07. The molecule has 0 spiro atoms. The summed E-state index contributed by atoms with van der Waals surface area (Å²) in [6.07, 6.45) is 0.133. The van der Waals surface area contributed by atoms with Gasteiger partial charge >= 0.3 is 0 Å². The second-order valence-corrected chi connectivity index (χ2v) is 1.71. The van der Waals surface area contributed by atoms with E-state index in [0.717, 1.165) is 0 Å². The first-order valence-corrected chi connectivity index (χ1v) is 3.06. The lowest BCUT2D eigenvalue weighted by atomic mass is 10.5. The van der Waals surface area contributed by atoms with Gasteiger partial charge in [-0.25, -0.2) is 4.21 Å². The van der Waals surface area contributed by atoms with Crippen LogP contribution >= 0.6 is 0 Å². The maximum Gasteiger partial charge on any atom is 0.0916 e. The fraction of sp³-hybridized carbons (Fsp3) is 1.00. The molecule has 0 aliphatic carbocycles. The van der Waals surface area contributed by atoms with Gasteiger partial charge in [-0.3, -0.25) is 4.39 Å². The molecule has 0 saturated carbocycles. The van der Waals surface area contributed by atoms with Gasteiger partial charge in [0.25, 0.3) is 0 Å². The topological polar surface area (TPSA) is 49.4 Å². The average molecular weight is 141 g/mol. The van der Waals surface area contributed by atoms with Crippen molar-refractivity contribution in [2.75, 3.05) is 13.3 Å². The van der Waals surface area contributed by atoms with E-state index in [1.807, 2.05) is 0 Å². The molecule has 0 aliphatic rings. The zero-order valence-electron chi connectivity index (χ0n) is 4.13. The van der Waals surface area contributed by atoms with Crippen LogP contribution in [0.15, 0.2) is 0 Å². The Bertz CT molecular complexity index is 76.9. The molecule has 0 aromatic carbocycles. The first-order valence-electron chi connectivity index (χ1n) is 2.06. The van der Waals surface area contributed by atoms with E-state index in [1.54, 1.807) is 0 Å². The Hall–Kier alpha value is -0.0000000000000000555. The Balaban J connectivity index is 2.82. The number of hydrogen-bond acceptors (Lipinski definition) is 3. The lowest BCUT2D eigenvalue weighted by Gasteiger charge is -2.01. The summed E-state index contributed by atoms with van der Waals surface area (Å²) in [6, 6.07) is 0. The number of alkyl halides is 1. The Labute approximate surface area is 49.3 Å². The highest BCUT2D eigenvalue weighted by Gasteiger charge is 1.84. The van der Waals surface area contributed by atoms with E-state index >= 15 is 0 Å². The molecule has 3 nitrogen and oxygen atoms in total. The standard InChI is InChI=1S/C3H7FO3S/c4-2-1-3-7-8(5)6/h1-3H2,(H,5,6)/p-1. The molecule has 0 amide bonds. The molecular weight excluding hydrogens is 135 g/mol. The summed E-state index contributed by atoms with van der Waals surface area (Å²) in [5.74, 6) is 0. The van der Waals surface area contributed by atoms with Crippen LogP contribution in [0, 0.1) is 0 Å². The van der Waals surface area contributed by atoms with Crippen molar-refractivity contribution in [3.8, 4) is 0 Å². The molecule has 0 aromatic heterocycles. The van der Waals surface area contributed by atoms with Crippen LogP contribution in [-0.2, 0) is 15.5 Å². The Kier molecular flexibility index (Phi) is 5.14. The summed E-state index contributed by atoms with van der Waals surface area (Å²) < 4.78 is 34.2. The van der Waals surface area contributed by atoms with Crippen LogP contribution < -0.4 is 0 Å². The molecule has 0 aliphatic heterocycles. The lowest BCUT2D eigenvalue weighted by Crippen LogP contribution is -1.97. The van der Waals surface area contributed by atoms with Gasteiger partial charge < -0.3 is 8.74 Å². The van der Waals surface area contributed by atoms with Gasteiger partial charge in [-0.15, -0.1) is 0 Å². The van der Waals surface area contributed by atoms with Crippen LogP contribution in [0.4, 0.5) is 4.39 Å². The van der Waals surface area contributed by atoms with Gasteiger partial charge in [0.2, 0.25) is 0 Å². The minimum Gasteiger partial charge on any atom is -0.750 e. The second kappa shape index (κ2) is 5.14. The van der Waals surface area contributed by atoms with Crippen LogP contribution in [0.5, 0.6) is 0 Å². The van der Waals surface area contributed by atoms with Crippen molar-refractivity contribution in [2.45, 2.75) is 6.42 Å². The van der Waals surface area contributed by atoms with Gasteiger partial charge in [-0.2, -0.15) is 0 Å². The molecule has 0 rings (SSSR count). The minimum atomic E-state index is -2.48. The largest absolute Gasteiger partial charge is 0.750 e. The molecule has 1 atom stereocenters. The fourth-order valence-electron chi connectivity index (χ4n) is 0.182. The van der Waals surface area contributed by atoms with Crippen LogP contribution in [0.3, 0.4) is 0 Å². The first kappa shape index (κ1) is 8.00. The number of hydrogen-bond donors (Lipinski definition) is 0. The van der Waals surface area contributed by atoms with E-state index in [-0.39, 0.29) is 13.0 Å². The summed E-state index contributed by atoms with van der Waals surface area (Å²) in [6.45, 7) is -0.607. The van der Waals surface area contributed by atoms with Gasteiger partial charge in [0.1, 0.15) is 0 Å². The third kappa shape index (κ3) is 6.00. The van der Waals surface area contributed by atoms with Crippen LogP contribution in [0.25, 0.3) is 0 Å². The highest BCUT2D eigenvalue weighted by molar-refractivity contribution is 7.74. The number of halogens is 1. The van der Waals surface area contributed by atoms with E-state index in [0.29, 0.717) is 0 Å². The molecule has 0 aromatic rings. The summed E-state index contributed by atoms with van der Waals surface area (Å²) in [5.41, 5.74) is 0. The monoisotopic (exact) mass is 141 g/mol. The lowest BCUT2D eigenvalue weighted by molar-refractivity contribution is 0.279. The molecule has 0 radical (unpaired) electrons. The Morgan fingerprint density at radius 3 is 2.75 bits per heavy atom. The predicted octanol–water partition coefficient (Wildman–Crippen LogP) is 0.157. The van der Waals surface area contributed by atoms with Gasteiger partial charge in [-0.1, -0.05) is 0 Å². The van der Waals surface area contributed by atoms with Crippen molar-refractivity contribution in [2.24, 2.45) is 0 Å². The molecule has 0 heterocycles. The van der Waals surface area contributed by atoms with Crippen molar-refractivity contribution >= 4 is 11.4 Å². The average Bonchev–Trinajstić information content (AvgIpc) is 1.66. The third-order valence-electron chi connectivity index (χ3n) is 0.458. The fourth-order valence-corrected chi connectivity index (χ4v) is 0.435. The van der Waals surface area contributed by atoms with Gasteiger partial charge in [0, 0.05) is 6.42 Å². The maximum absolute atomic E-state index is 11.2. The molecule has 5 heteroatoms. The Morgan fingerprint density at radius 2 is 2.38 bits per heavy atom. The van der Waals surface area contributed by atoms with Crippen molar-refractivity contribution in [3.63, 3.8) is 0 Å². The molecule has 50 valence electrons. The quantitative estimate of drug-likeness (QED) is 0.414. The smallest absolute Gasteiger partial charge is 0.0916 e. The van der Waals surface area contributed by atoms with E-state index in [9.17, 15) is 13.2 Å². The molecular formula is C3H6FO3S-. The normalized spacial score (nSPS) is 13.8.